The van der Waals surface area contributed by atoms with Gasteiger partial charge in [-0.05, 0) is 12.1 Å². The second-order valence-electron chi connectivity index (χ2n) is 2.77. The summed E-state index contributed by atoms with van der Waals surface area (Å²) in [7, 11) is 0. The van der Waals surface area contributed by atoms with Crippen molar-refractivity contribution in [3.05, 3.63) is 53.3 Å². The predicted molar refractivity (Wildman–Crippen MR) is 54.7 cm³/mol. The first kappa shape index (κ1) is 9.73. The van der Waals surface area contributed by atoms with E-state index in [1.807, 2.05) is 0 Å². The molecule has 4 nitrogen and oxygen atoms in total. The molecule has 2 rings (SSSR count). The molecule has 2 heterocycles. The summed E-state index contributed by atoms with van der Waals surface area (Å²) >= 11 is 5.75. The third kappa shape index (κ3) is 1.99. The molecule has 0 N–H and O–H groups in total. The zero-order valence-electron chi connectivity index (χ0n) is 7.59. The monoisotopic (exact) mass is 219 g/mol. The van der Waals surface area contributed by atoms with Crippen LogP contribution in [0, 0.1) is 0 Å². The van der Waals surface area contributed by atoms with Gasteiger partial charge in [0.15, 0.2) is 5.15 Å². The maximum Gasteiger partial charge on any atom is 0.216 e. The summed E-state index contributed by atoms with van der Waals surface area (Å²) in [4.78, 5) is 23.4. The second-order valence-corrected chi connectivity index (χ2v) is 3.12. The van der Waals surface area contributed by atoms with Crippen LogP contribution in [-0.2, 0) is 0 Å². The van der Waals surface area contributed by atoms with E-state index in [1.54, 1.807) is 18.3 Å². The molecule has 2 aromatic heterocycles. The summed E-state index contributed by atoms with van der Waals surface area (Å²) < 4.78 is 0. The van der Waals surface area contributed by atoms with Crippen LogP contribution >= 0.6 is 11.6 Å². The molecule has 15 heavy (non-hydrogen) atoms. The van der Waals surface area contributed by atoms with E-state index in [1.165, 1.54) is 18.6 Å². The van der Waals surface area contributed by atoms with Crippen LogP contribution in [-0.4, -0.2) is 20.7 Å². The maximum absolute atomic E-state index is 11.8. The zero-order chi connectivity index (χ0) is 10.7. The summed E-state index contributed by atoms with van der Waals surface area (Å²) in [5, 5.41) is 0.103. The van der Waals surface area contributed by atoms with Gasteiger partial charge in [0.05, 0.1) is 0 Å². The van der Waals surface area contributed by atoms with Gasteiger partial charge in [-0.2, -0.15) is 0 Å². The van der Waals surface area contributed by atoms with E-state index in [0.29, 0.717) is 5.56 Å². The van der Waals surface area contributed by atoms with Gasteiger partial charge in [-0.1, -0.05) is 11.6 Å². The second kappa shape index (κ2) is 4.14. The van der Waals surface area contributed by atoms with E-state index < -0.39 is 0 Å². The molecule has 0 aliphatic heterocycles. The van der Waals surface area contributed by atoms with Crippen LogP contribution in [0.4, 0.5) is 0 Å². The Balaban J connectivity index is 2.42. The fraction of sp³-hybridized carbons (Fsp3) is 0. The fourth-order valence-electron chi connectivity index (χ4n) is 1.11. The quantitative estimate of drug-likeness (QED) is 0.723. The SMILES string of the molecule is O=C(c1cccnc1)c1nccnc1Cl. The first-order valence-electron chi connectivity index (χ1n) is 4.20. The van der Waals surface area contributed by atoms with Crippen molar-refractivity contribution in [3.8, 4) is 0 Å². The minimum absolute atomic E-state index is 0.103. The molecule has 0 aliphatic rings. The topological polar surface area (TPSA) is 55.7 Å². The van der Waals surface area contributed by atoms with Gasteiger partial charge in [-0.3, -0.25) is 9.78 Å². The minimum Gasteiger partial charge on any atom is -0.287 e. The van der Waals surface area contributed by atoms with Crippen molar-refractivity contribution in [1.29, 1.82) is 0 Å². The van der Waals surface area contributed by atoms with Crippen LogP contribution < -0.4 is 0 Å². The molecule has 0 atom stereocenters. The first-order valence-corrected chi connectivity index (χ1v) is 4.58. The summed E-state index contributed by atoms with van der Waals surface area (Å²) in [5.74, 6) is -0.277. The van der Waals surface area contributed by atoms with Crippen LogP contribution in [0.3, 0.4) is 0 Å². The van der Waals surface area contributed by atoms with Crippen LogP contribution in [0.25, 0.3) is 0 Å². The van der Waals surface area contributed by atoms with Gasteiger partial charge < -0.3 is 0 Å². The van der Waals surface area contributed by atoms with Gasteiger partial charge in [-0.25, -0.2) is 9.97 Å². The number of carbonyl (C=O) groups is 1. The summed E-state index contributed by atoms with van der Waals surface area (Å²) in [6.45, 7) is 0. The lowest BCUT2D eigenvalue weighted by molar-refractivity contribution is 0.103. The Morgan fingerprint density at radius 2 is 2.00 bits per heavy atom. The highest BCUT2D eigenvalue weighted by molar-refractivity contribution is 6.33. The Bertz CT molecular complexity index is 487. The van der Waals surface area contributed by atoms with E-state index in [4.69, 9.17) is 11.6 Å². The molecule has 0 aromatic carbocycles. The number of hydrogen-bond donors (Lipinski definition) is 0. The van der Waals surface area contributed by atoms with Crippen LogP contribution in [0.2, 0.25) is 5.15 Å². The third-order valence-corrected chi connectivity index (χ3v) is 2.07. The van der Waals surface area contributed by atoms with Crippen LogP contribution in [0.15, 0.2) is 36.9 Å². The highest BCUT2D eigenvalue weighted by Gasteiger charge is 2.14. The predicted octanol–water partition coefficient (Wildman–Crippen LogP) is 1.76. The van der Waals surface area contributed by atoms with Crippen molar-refractivity contribution >= 4 is 17.4 Å². The summed E-state index contributed by atoms with van der Waals surface area (Å²) in [5.41, 5.74) is 0.590. The minimum atomic E-state index is -0.277. The van der Waals surface area contributed by atoms with E-state index >= 15 is 0 Å². The van der Waals surface area contributed by atoms with Gasteiger partial charge in [0.25, 0.3) is 0 Å². The number of rotatable bonds is 2. The summed E-state index contributed by atoms with van der Waals surface area (Å²) in [6.07, 6.45) is 5.92. The molecule has 0 bridgehead atoms. The van der Waals surface area contributed by atoms with E-state index in [9.17, 15) is 4.79 Å². The lowest BCUT2D eigenvalue weighted by Crippen LogP contribution is -2.05. The Morgan fingerprint density at radius 1 is 1.20 bits per heavy atom. The molecule has 5 heteroatoms. The molecule has 0 fully saturated rings. The molecule has 0 saturated heterocycles. The molecular weight excluding hydrogens is 214 g/mol. The maximum atomic E-state index is 11.8. The van der Waals surface area contributed by atoms with Gasteiger partial charge in [0.1, 0.15) is 5.69 Å². The highest BCUT2D eigenvalue weighted by atomic mass is 35.5. The smallest absolute Gasteiger partial charge is 0.216 e. The van der Waals surface area contributed by atoms with Gasteiger partial charge in [0, 0.05) is 30.4 Å². The largest absolute Gasteiger partial charge is 0.287 e. The van der Waals surface area contributed by atoms with E-state index in [-0.39, 0.29) is 16.6 Å². The van der Waals surface area contributed by atoms with E-state index in [0.717, 1.165) is 0 Å². The van der Waals surface area contributed by atoms with Crippen LogP contribution in [0.1, 0.15) is 16.1 Å². The van der Waals surface area contributed by atoms with E-state index in [2.05, 4.69) is 15.0 Å². The molecule has 74 valence electrons. The van der Waals surface area contributed by atoms with Crippen molar-refractivity contribution in [2.24, 2.45) is 0 Å². The van der Waals surface area contributed by atoms with Gasteiger partial charge >= 0.3 is 0 Å². The molecule has 0 radical (unpaired) electrons. The normalized spacial score (nSPS) is 9.93. The molecule has 2 aromatic rings. The number of halogens is 1. The third-order valence-electron chi connectivity index (χ3n) is 1.79. The highest BCUT2D eigenvalue weighted by Crippen LogP contribution is 2.13. The van der Waals surface area contributed by atoms with Gasteiger partial charge in [0.2, 0.25) is 5.78 Å². The Morgan fingerprint density at radius 3 is 2.67 bits per heavy atom. The Hall–Kier alpha value is -1.81. The first-order chi connectivity index (χ1) is 7.29. The molecular formula is C10H6ClN3O. The standard InChI is InChI=1S/C10H6ClN3O/c11-10-8(13-4-5-14-10)9(15)7-2-1-3-12-6-7/h1-6H. The molecule has 0 aliphatic carbocycles. The molecule has 0 spiro atoms. The lowest BCUT2D eigenvalue weighted by Gasteiger charge is -2.00. The van der Waals surface area contributed by atoms with Crippen molar-refractivity contribution in [2.75, 3.05) is 0 Å². The summed E-state index contributed by atoms with van der Waals surface area (Å²) in [6, 6.07) is 3.33. The molecule has 0 unspecified atom stereocenters. The number of nitrogens with zero attached hydrogens (tertiary/aromatic N) is 3. The molecule has 0 saturated carbocycles. The lowest BCUT2D eigenvalue weighted by atomic mass is 10.1. The number of pyridine rings is 1. The van der Waals surface area contributed by atoms with Crippen molar-refractivity contribution in [1.82, 2.24) is 15.0 Å². The van der Waals surface area contributed by atoms with Gasteiger partial charge in [-0.15, -0.1) is 0 Å². The molecule has 0 amide bonds. The zero-order valence-corrected chi connectivity index (χ0v) is 8.35. The van der Waals surface area contributed by atoms with Crippen LogP contribution in [0.5, 0.6) is 0 Å². The number of carbonyl (C=O) groups excluding carboxylic acids is 1. The van der Waals surface area contributed by atoms with Crippen molar-refractivity contribution < 1.29 is 4.79 Å². The Labute approximate surface area is 91.0 Å². The number of ketones is 1. The fourth-order valence-corrected chi connectivity index (χ4v) is 1.30. The van der Waals surface area contributed by atoms with Crippen molar-refractivity contribution in [3.63, 3.8) is 0 Å². The average molecular weight is 220 g/mol. The van der Waals surface area contributed by atoms with Crippen molar-refractivity contribution in [2.45, 2.75) is 0 Å². The number of aromatic nitrogens is 3. The average Bonchev–Trinajstić information content (AvgIpc) is 2.30. The Kier molecular flexibility index (Phi) is 2.69. The number of hydrogen-bond acceptors (Lipinski definition) is 4.